The van der Waals surface area contributed by atoms with Crippen molar-refractivity contribution in [2.24, 2.45) is 10.7 Å². The summed E-state index contributed by atoms with van der Waals surface area (Å²) in [6, 6.07) is 5.17. The van der Waals surface area contributed by atoms with Crippen molar-refractivity contribution >= 4 is 26.6 Å². The third kappa shape index (κ3) is 1.86. The van der Waals surface area contributed by atoms with Crippen LogP contribution < -0.4 is 10.5 Å². The van der Waals surface area contributed by atoms with Crippen LogP contribution in [0.4, 0.5) is 5.69 Å². The van der Waals surface area contributed by atoms with Crippen LogP contribution in [0.2, 0.25) is 0 Å². The van der Waals surface area contributed by atoms with E-state index < -0.39 is 10.5 Å². The highest BCUT2D eigenvalue weighted by atomic mass is 32.2. The molecule has 1 unspecified atom stereocenters. The van der Waals surface area contributed by atoms with E-state index in [1.807, 2.05) is 5.23 Å². The molecule has 1 aromatic carbocycles. The number of amidine groups is 1. The summed E-state index contributed by atoms with van der Waals surface area (Å²) in [7, 11) is -0.890. The molecule has 1 heterocycles. The zero-order chi connectivity index (χ0) is 11.5. The average Bonchev–Trinajstić information content (AvgIpc) is 2.61. The van der Waals surface area contributed by atoms with Gasteiger partial charge in [0.15, 0.2) is 10.4 Å². The van der Waals surface area contributed by atoms with Crippen molar-refractivity contribution in [2.75, 3.05) is 13.2 Å². The lowest BCUT2D eigenvalue weighted by molar-refractivity contribution is 0.201. The Balaban J connectivity index is 2.36. The minimum atomic E-state index is -0.890. The van der Waals surface area contributed by atoms with Gasteiger partial charge in [0.2, 0.25) is 0 Å². The van der Waals surface area contributed by atoms with Gasteiger partial charge in [-0.15, -0.1) is 0 Å². The summed E-state index contributed by atoms with van der Waals surface area (Å²) in [5.41, 5.74) is 6.29. The van der Waals surface area contributed by atoms with Crippen molar-refractivity contribution in [3.8, 4) is 5.75 Å². The van der Waals surface area contributed by atoms with E-state index in [1.54, 1.807) is 18.2 Å². The Labute approximate surface area is 94.5 Å². The van der Waals surface area contributed by atoms with E-state index in [9.17, 15) is 4.79 Å². The average molecular weight is 238 g/mol. The molecular formula is C10H10N2O3S. The number of hydrogen-bond acceptors (Lipinski definition) is 5. The molecule has 1 aliphatic heterocycles. The number of fused-ring (bicyclic) bond motifs is 1. The van der Waals surface area contributed by atoms with Gasteiger partial charge < -0.3 is 15.6 Å². The Morgan fingerprint density at radius 2 is 2.38 bits per heavy atom. The van der Waals surface area contributed by atoms with E-state index in [0.717, 1.165) is 4.90 Å². The van der Waals surface area contributed by atoms with Crippen LogP contribution in [0, 0.1) is 0 Å². The van der Waals surface area contributed by atoms with E-state index in [0.29, 0.717) is 11.4 Å². The molecule has 0 fully saturated rings. The molecular weight excluding hydrogens is 228 g/mol. The fourth-order valence-electron chi connectivity index (χ4n) is 1.37. The van der Waals surface area contributed by atoms with E-state index in [2.05, 4.69) is 4.99 Å². The minimum Gasteiger partial charge on any atom is -0.491 e. The lowest BCUT2D eigenvalue weighted by Crippen LogP contribution is -2.04. The molecule has 0 bridgehead atoms. The zero-order valence-electron chi connectivity index (χ0n) is 8.34. The van der Waals surface area contributed by atoms with E-state index >= 15 is 0 Å². The minimum absolute atomic E-state index is 0.0543. The van der Waals surface area contributed by atoms with Gasteiger partial charge in [-0.25, -0.2) is 9.79 Å². The van der Waals surface area contributed by atoms with E-state index in [1.165, 1.54) is 0 Å². The number of nitrogens with zero attached hydrogens (tertiary/aromatic N) is 1. The van der Waals surface area contributed by atoms with Crippen LogP contribution in [0.1, 0.15) is 0 Å². The van der Waals surface area contributed by atoms with E-state index in [-0.39, 0.29) is 18.4 Å². The molecule has 5 nitrogen and oxygen atoms in total. The van der Waals surface area contributed by atoms with Crippen LogP contribution >= 0.6 is 10.5 Å². The van der Waals surface area contributed by atoms with Gasteiger partial charge >= 0.3 is 0 Å². The Morgan fingerprint density at radius 3 is 3.06 bits per heavy atom. The first-order valence-electron chi connectivity index (χ1n) is 4.60. The second-order valence-corrected chi connectivity index (χ2v) is 4.68. The number of aliphatic imine (C=N–C) groups is 1. The molecule has 2 rings (SSSR count). The molecule has 0 amide bonds. The van der Waals surface area contributed by atoms with Gasteiger partial charge in [0.05, 0.1) is 12.3 Å². The standard InChI is InChI=1S/C10H10N2O3S/c11-10-12-8-2-1-7(15-4-3-13)5-9(8)16(10)6-14/h1-2,5,13H,3-4H2,(H2,11,12). The van der Waals surface area contributed by atoms with Crippen LogP contribution in [0.15, 0.2) is 28.1 Å². The molecule has 0 aliphatic carbocycles. The summed E-state index contributed by atoms with van der Waals surface area (Å²) in [5, 5.41) is 10.8. The maximum atomic E-state index is 10.8. The lowest BCUT2D eigenvalue weighted by atomic mass is 10.3. The van der Waals surface area contributed by atoms with Gasteiger partial charge in [0.25, 0.3) is 0 Å². The number of benzene rings is 1. The monoisotopic (exact) mass is 238 g/mol. The molecule has 0 radical (unpaired) electrons. The van der Waals surface area contributed by atoms with Gasteiger partial charge in [-0.1, -0.05) is 0 Å². The zero-order valence-corrected chi connectivity index (χ0v) is 9.16. The molecule has 84 valence electrons. The molecule has 0 saturated heterocycles. The van der Waals surface area contributed by atoms with Gasteiger partial charge in [0, 0.05) is 4.90 Å². The molecule has 6 heteroatoms. The fraction of sp³-hybridized carbons (Fsp3) is 0.200. The summed E-state index contributed by atoms with van der Waals surface area (Å²) < 4.78 is 5.24. The number of nitrogens with two attached hydrogens (primary N) is 1. The molecule has 1 aliphatic rings. The predicted octanol–water partition coefficient (Wildman–Crippen LogP) is 0.713. The predicted molar refractivity (Wildman–Crippen MR) is 61.9 cm³/mol. The Hall–Kier alpha value is -1.62. The first-order valence-corrected chi connectivity index (χ1v) is 5.82. The normalized spacial score (nSPS) is 17.6. The number of ether oxygens (including phenoxy) is 1. The summed E-state index contributed by atoms with van der Waals surface area (Å²) in [6.07, 6.45) is 0. The summed E-state index contributed by atoms with van der Waals surface area (Å²) >= 11 is 0. The molecule has 0 aromatic heterocycles. The third-order valence-corrected chi connectivity index (χ3v) is 3.48. The molecule has 1 aromatic rings. The van der Waals surface area contributed by atoms with Crippen LogP contribution in [0.3, 0.4) is 0 Å². The van der Waals surface area contributed by atoms with Crippen LogP contribution in [0.25, 0.3) is 0 Å². The fourth-order valence-corrected chi connectivity index (χ4v) is 2.52. The van der Waals surface area contributed by atoms with Crippen LogP contribution in [0.5, 0.6) is 5.75 Å². The molecule has 0 spiro atoms. The first-order chi connectivity index (χ1) is 7.76. The number of aliphatic hydroxyl groups is 1. The smallest absolute Gasteiger partial charge is 0.168 e. The Morgan fingerprint density at radius 1 is 1.56 bits per heavy atom. The number of rotatable bonds is 3. The second-order valence-electron chi connectivity index (χ2n) is 3.04. The Bertz CT molecular complexity index is 507. The van der Waals surface area contributed by atoms with Crippen molar-refractivity contribution in [3.05, 3.63) is 18.2 Å². The van der Waals surface area contributed by atoms with Gasteiger partial charge in [-0.3, -0.25) is 0 Å². The van der Waals surface area contributed by atoms with Crippen molar-refractivity contribution in [3.63, 3.8) is 0 Å². The van der Waals surface area contributed by atoms with Crippen LogP contribution in [-0.2, 0) is 4.79 Å². The lowest BCUT2D eigenvalue weighted by Gasteiger charge is -2.05. The highest BCUT2D eigenvalue weighted by molar-refractivity contribution is 8.27. The maximum Gasteiger partial charge on any atom is 0.168 e. The second kappa shape index (κ2) is 4.49. The van der Waals surface area contributed by atoms with Crippen molar-refractivity contribution in [1.82, 2.24) is 0 Å². The maximum absolute atomic E-state index is 10.8. The summed E-state index contributed by atoms with van der Waals surface area (Å²) in [4.78, 5) is 15.5. The third-order valence-electron chi connectivity index (χ3n) is 2.03. The van der Waals surface area contributed by atoms with Crippen molar-refractivity contribution in [1.29, 1.82) is 0 Å². The highest BCUT2D eigenvalue weighted by Gasteiger charge is 2.19. The largest absolute Gasteiger partial charge is 0.491 e. The van der Waals surface area contributed by atoms with E-state index in [4.69, 9.17) is 15.6 Å². The number of hydrogen-bond donors (Lipinski definition) is 2. The van der Waals surface area contributed by atoms with Crippen molar-refractivity contribution < 1.29 is 14.6 Å². The first kappa shape index (κ1) is 10.9. The van der Waals surface area contributed by atoms with Gasteiger partial charge in [0.1, 0.15) is 12.4 Å². The SMILES string of the molecule is NC1=Nc2ccc(OCCO)cc2S1=C=O. The Kier molecular flexibility index (Phi) is 3.05. The summed E-state index contributed by atoms with van der Waals surface area (Å²) in [6.45, 7) is 0.162. The number of carbonyl (C=O) groups excluding carboxylic acids is 1. The van der Waals surface area contributed by atoms with Gasteiger partial charge in [-0.05, 0) is 28.7 Å². The van der Waals surface area contributed by atoms with Gasteiger partial charge in [-0.2, -0.15) is 0 Å². The molecule has 16 heavy (non-hydrogen) atoms. The van der Waals surface area contributed by atoms with Crippen LogP contribution in [-0.4, -0.2) is 28.7 Å². The number of aliphatic hydroxyl groups excluding tert-OH is 1. The topological polar surface area (TPSA) is 84.9 Å². The summed E-state index contributed by atoms with van der Waals surface area (Å²) in [5.74, 6) is 0.588. The quantitative estimate of drug-likeness (QED) is 0.759. The molecule has 3 N–H and O–H groups in total. The molecule has 1 atom stereocenters. The molecule has 0 saturated carbocycles. The highest BCUT2D eigenvalue weighted by Crippen LogP contribution is 2.42. The van der Waals surface area contributed by atoms with Crippen molar-refractivity contribution in [2.45, 2.75) is 4.90 Å².